The van der Waals surface area contributed by atoms with Crippen molar-refractivity contribution in [2.24, 2.45) is 0 Å². The Balaban J connectivity index is 1.44. The highest BCUT2D eigenvalue weighted by molar-refractivity contribution is 6.01. The van der Waals surface area contributed by atoms with Crippen LogP contribution in [0.5, 0.6) is 0 Å². The van der Waals surface area contributed by atoms with Gasteiger partial charge < -0.3 is 19.6 Å². The number of carbonyl (C=O) groups is 4. The van der Waals surface area contributed by atoms with Crippen LogP contribution < -0.4 is 4.90 Å². The molecule has 1 N–H and O–H groups in total. The molecule has 0 saturated carbocycles. The molecule has 0 aromatic heterocycles. The molecule has 5 rings (SSSR count). The number of anilines is 1. The molecule has 9 nitrogen and oxygen atoms in total. The fraction of sp³-hybridized carbons (Fsp3) is 0.353. The first-order chi connectivity index (χ1) is 20.5. The molecule has 0 aliphatic carbocycles. The van der Waals surface area contributed by atoms with E-state index in [-0.39, 0.29) is 32.5 Å². The Bertz CT molecular complexity index is 1520. The second-order valence-corrected chi connectivity index (χ2v) is 12.0. The SMILES string of the molecule is CC(C)(C)OC(=O)N1c2ccccc2C[C@@H]1C(=O)N(CCc1ccccc1)CC(=O)N1Cc2ccccc2C[C@@H]1C(=O)O. The zero-order chi connectivity index (χ0) is 30.7. The molecule has 2 aliphatic rings. The number of fused-ring (bicyclic) bond motifs is 2. The molecule has 0 radical (unpaired) electrons. The van der Waals surface area contributed by atoms with Gasteiger partial charge in [0.05, 0.1) is 12.2 Å². The number of rotatable bonds is 7. The minimum atomic E-state index is -1.09. The second kappa shape index (κ2) is 12.3. The Hall–Kier alpha value is -4.66. The average molecular weight is 584 g/mol. The third kappa shape index (κ3) is 6.71. The summed E-state index contributed by atoms with van der Waals surface area (Å²) in [5, 5.41) is 10.0. The third-order valence-corrected chi connectivity index (χ3v) is 7.86. The van der Waals surface area contributed by atoms with Gasteiger partial charge in [-0.05, 0) is 55.5 Å². The molecule has 3 aromatic rings. The molecule has 0 bridgehead atoms. The van der Waals surface area contributed by atoms with Gasteiger partial charge in [0.2, 0.25) is 11.8 Å². The summed E-state index contributed by atoms with van der Waals surface area (Å²) in [6, 6.07) is 22.5. The van der Waals surface area contributed by atoms with Gasteiger partial charge in [-0.1, -0.05) is 72.8 Å². The van der Waals surface area contributed by atoms with Crippen molar-refractivity contribution in [2.45, 2.75) is 64.3 Å². The van der Waals surface area contributed by atoms with Crippen LogP contribution in [0, 0.1) is 0 Å². The summed E-state index contributed by atoms with van der Waals surface area (Å²) in [6.07, 6.45) is 0.319. The largest absolute Gasteiger partial charge is 0.480 e. The number of carboxylic acids is 1. The summed E-state index contributed by atoms with van der Waals surface area (Å²) in [4.78, 5) is 58.1. The second-order valence-electron chi connectivity index (χ2n) is 12.0. The van der Waals surface area contributed by atoms with Crippen molar-refractivity contribution in [1.29, 1.82) is 0 Å². The summed E-state index contributed by atoms with van der Waals surface area (Å²) >= 11 is 0. The highest BCUT2D eigenvalue weighted by Crippen LogP contribution is 2.34. The minimum absolute atomic E-state index is 0.144. The summed E-state index contributed by atoms with van der Waals surface area (Å²) < 4.78 is 5.69. The average Bonchev–Trinajstić information content (AvgIpc) is 3.37. The molecule has 0 unspecified atom stereocenters. The van der Waals surface area contributed by atoms with E-state index < -0.39 is 41.6 Å². The van der Waals surface area contributed by atoms with E-state index >= 15 is 0 Å². The zero-order valence-electron chi connectivity index (χ0n) is 24.7. The number of ether oxygens (including phenoxy) is 1. The Labute approximate surface area is 251 Å². The maximum absolute atomic E-state index is 14.3. The van der Waals surface area contributed by atoms with E-state index in [9.17, 15) is 24.3 Å². The van der Waals surface area contributed by atoms with E-state index in [0.717, 1.165) is 22.3 Å². The third-order valence-electron chi connectivity index (χ3n) is 7.86. The van der Waals surface area contributed by atoms with Crippen molar-refractivity contribution in [3.8, 4) is 0 Å². The van der Waals surface area contributed by atoms with Gasteiger partial charge >= 0.3 is 12.1 Å². The molecule has 2 heterocycles. The monoisotopic (exact) mass is 583 g/mol. The van der Waals surface area contributed by atoms with Crippen LogP contribution in [0.2, 0.25) is 0 Å². The highest BCUT2D eigenvalue weighted by Gasteiger charge is 2.43. The minimum Gasteiger partial charge on any atom is -0.480 e. The maximum atomic E-state index is 14.3. The summed E-state index contributed by atoms with van der Waals surface area (Å²) in [6.45, 7) is 5.35. The van der Waals surface area contributed by atoms with E-state index in [0.29, 0.717) is 12.1 Å². The first-order valence-corrected chi connectivity index (χ1v) is 14.5. The Kier molecular flexibility index (Phi) is 8.52. The molecule has 2 aliphatic heterocycles. The van der Waals surface area contributed by atoms with Crippen LogP contribution in [0.1, 0.15) is 43.0 Å². The predicted octanol–water partition coefficient (Wildman–Crippen LogP) is 4.46. The van der Waals surface area contributed by atoms with Crippen LogP contribution in [-0.2, 0) is 44.9 Å². The molecule has 224 valence electrons. The van der Waals surface area contributed by atoms with Crippen LogP contribution in [0.3, 0.4) is 0 Å². The van der Waals surface area contributed by atoms with Crippen LogP contribution in [0.25, 0.3) is 0 Å². The number of benzene rings is 3. The number of carbonyl (C=O) groups excluding carboxylic acids is 3. The lowest BCUT2D eigenvalue weighted by Crippen LogP contribution is -2.55. The van der Waals surface area contributed by atoms with Crippen molar-refractivity contribution in [3.05, 3.63) is 101 Å². The van der Waals surface area contributed by atoms with Crippen molar-refractivity contribution < 1.29 is 29.0 Å². The number of amides is 3. The van der Waals surface area contributed by atoms with Gasteiger partial charge in [-0.2, -0.15) is 0 Å². The Morgan fingerprint density at radius 3 is 2.12 bits per heavy atom. The summed E-state index contributed by atoms with van der Waals surface area (Å²) in [7, 11) is 0. The van der Waals surface area contributed by atoms with Gasteiger partial charge in [0.25, 0.3) is 0 Å². The fourth-order valence-corrected chi connectivity index (χ4v) is 5.77. The molecule has 0 fully saturated rings. The maximum Gasteiger partial charge on any atom is 0.415 e. The van der Waals surface area contributed by atoms with Gasteiger partial charge in [0.1, 0.15) is 17.7 Å². The lowest BCUT2D eigenvalue weighted by molar-refractivity contribution is -0.153. The van der Waals surface area contributed by atoms with Crippen molar-refractivity contribution in [1.82, 2.24) is 9.80 Å². The van der Waals surface area contributed by atoms with Gasteiger partial charge in [-0.25, -0.2) is 9.59 Å². The molecule has 0 saturated heterocycles. The Morgan fingerprint density at radius 1 is 0.837 bits per heavy atom. The normalized spacial score (nSPS) is 17.6. The molecule has 3 aromatic carbocycles. The van der Waals surface area contributed by atoms with E-state index in [1.807, 2.05) is 66.7 Å². The number of para-hydroxylation sites is 1. The fourth-order valence-electron chi connectivity index (χ4n) is 5.77. The quantitative estimate of drug-likeness (QED) is 0.440. The Morgan fingerprint density at radius 2 is 1.44 bits per heavy atom. The number of aliphatic carboxylic acids is 1. The van der Waals surface area contributed by atoms with Crippen LogP contribution in [-0.4, -0.2) is 69.6 Å². The molecule has 9 heteroatoms. The zero-order valence-corrected chi connectivity index (χ0v) is 24.7. The summed E-state index contributed by atoms with van der Waals surface area (Å²) in [5.74, 6) is -1.94. The molecule has 2 atom stereocenters. The van der Waals surface area contributed by atoms with Crippen LogP contribution in [0.15, 0.2) is 78.9 Å². The van der Waals surface area contributed by atoms with Crippen molar-refractivity contribution >= 4 is 29.6 Å². The first kappa shape index (κ1) is 29.8. The predicted molar refractivity (Wildman–Crippen MR) is 161 cm³/mol. The van der Waals surface area contributed by atoms with E-state index in [4.69, 9.17) is 4.74 Å². The van der Waals surface area contributed by atoms with Gasteiger partial charge in [0.15, 0.2) is 0 Å². The standard InChI is InChI=1S/C34H37N3O6/c1-34(2,3)43-33(42)37-27-16-10-9-14-25(27)20-28(37)31(39)35(18-17-23-11-5-4-6-12-23)22-30(38)36-21-26-15-8-7-13-24(26)19-29(36)32(40)41/h4-16,28-29H,17-22H2,1-3H3,(H,40,41)/t28-,29-/m1/s1. The number of hydrogen-bond acceptors (Lipinski definition) is 5. The van der Waals surface area contributed by atoms with Crippen molar-refractivity contribution in [3.63, 3.8) is 0 Å². The first-order valence-electron chi connectivity index (χ1n) is 14.5. The number of hydrogen-bond donors (Lipinski definition) is 1. The van der Waals surface area contributed by atoms with E-state index in [2.05, 4.69) is 0 Å². The summed E-state index contributed by atoms with van der Waals surface area (Å²) in [5.41, 5.74) is 3.43. The number of nitrogens with zero attached hydrogens (tertiary/aromatic N) is 3. The smallest absolute Gasteiger partial charge is 0.415 e. The lowest BCUT2D eigenvalue weighted by atomic mass is 9.94. The highest BCUT2D eigenvalue weighted by atomic mass is 16.6. The van der Waals surface area contributed by atoms with Crippen LogP contribution >= 0.6 is 0 Å². The van der Waals surface area contributed by atoms with E-state index in [1.165, 1.54) is 14.7 Å². The van der Waals surface area contributed by atoms with E-state index in [1.54, 1.807) is 32.9 Å². The van der Waals surface area contributed by atoms with Crippen LogP contribution in [0.4, 0.5) is 10.5 Å². The molecular weight excluding hydrogens is 546 g/mol. The molecular formula is C34H37N3O6. The topological polar surface area (TPSA) is 107 Å². The number of carboxylic acid groups (broad SMARTS) is 1. The molecule has 0 spiro atoms. The van der Waals surface area contributed by atoms with Gasteiger partial charge in [0, 0.05) is 25.9 Å². The lowest BCUT2D eigenvalue weighted by Gasteiger charge is -2.37. The molecule has 43 heavy (non-hydrogen) atoms. The van der Waals surface area contributed by atoms with Crippen molar-refractivity contribution in [2.75, 3.05) is 18.0 Å². The van der Waals surface area contributed by atoms with Gasteiger partial charge in [-0.15, -0.1) is 0 Å². The van der Waals surface area contributed by atoms with Gasteiger partial charge in [-0.3, -0.25) is 14.5 Å². The molecule has 3 amide bonds.